The highest BCUT2D eigenvalue weighted by molar-refractivity contribution is 5.84. The summed E-state index contributed by atoms with van der Waals surface area (Å²) in [5, 5.41) is 25.2. The summed E-state index contributed by atoms with van der Waals surface area (Å²) < 4.78 is 6.77. The van der Waals surface area contributed by atoms with Gasteiger partial charge in [-0.2, -0.15) is 0 Å². The molecule has 1 atom stereocenters. The standard InChI is InChI=1S/C10H16N4O4/c15-6-8-7-18-4-3-13(8)1-2-14-5-9(10(16)17)11-12-14/h5,8,15H,1-4,6-7H2,(H,16,17). The number of hydrogen-bond donors (Lipinski definition) is 2. The molecule has 0 spiro atoms. The van der Waals surface area contributed by atoms with Crippen molar-refractivity contribution >= 4 is 5.97 Å². The molecule has 1 unspecified atom stereocenters. The summed E-state index contributed by atoms with van der Waals surface area (Å²) in [5.41, 5.74) is -0.0596. The molecule has 2 rings (SSSR count). The SMILES string of the molecule is O=C(O)c1cn(CCN2CCOCC2CO)nn1. The maximum absolute atomic E-state index is 10.6. The normalized spacial score (nSPS) is 21.1. The summed E-state index contributed by atoms with van der Waals surface area (Å²) in [7, 11) is 0. The van der Waals surface area contributed by atoms with E-state index in [1.54, 1.807) is 0 Å². The molecule has 1 aromatic rings. The Labute approximate surface area is 104 Å². The van der Waals surface area contributed by atoms with Crippen molar-refractivity contribution in [3.63, 3.8) is 0 Å². The zero-order chi connectivity index (χ0) is 13.0. The lowest BCUT2D eigenvalue weighted by atomic mass is 10.2. The Hall–Kier alpha value is -1.51. The number of aliphatic hydroxyl groups excluding tert-OH is 1. The van der Waals surface area contributed by atoms with E-state index in [1.165, 1.54) is 10.9 Å². The number of nitrogens with zero attached hydrogens (tertiary/aromatic N) is 4. The van der Waals surface area contributed by atoms with E-state index >= 15 is 0 Å². The second-order valence-electron chi connectivity index (χ2n) is 4.12. The number of morpholine rings is 1. The first-order chi connectivity index (χ1) is 8.70. The van der Waals surface area contributed by atoms with E-state index in [-0.39, 0.29) is 18.3 Å². The Balaban J connectivity index is 1.87. The Morgan fingerprint density at radius 1 is 1.56 bits per heavy atom. The second kappa shape index (κ2) is 5.89. The molecule has 1 aliphatic rings. The molecule has 0 radical (unpaired) electrons. The van der Waals surface area contributed by atoms with E-state index in [4.69, 9.17) is 9.84 Å². The largest absolute Gasteiger partial charge is 0.476 e. The van der Waals surface area contributed by atoms with Crippen LogP contribution in [0.25, 0.3) is 0 Å². The Kier molecular flexibility index (Phi) is 4.24. The number of carboxylic acids is 1. The van der Waals surface area contributed by atoms with E-state index in [9.17, 15) is 9.90 Å². The summed E-state index contributed by atoms with van der Waals surface area (Å²) in [4.78, 5) is 12.7. The summed E-state index contributed by atoms with van der Waals surface area (Å²) in [6.07, 6.45) is 1.40. The maximum Gasteiger partial charge on any atom is 0.358 e. The van der Waals surface area contributed by atoms with Crippen LogP contribution in [0.2, 0.25) is 0 Å². The van der Waals surface area contributed by atoms with Gasteiger partial charge in [0.2, 0.25) is 0 Å². The molecule has 18 heavy (non-hydrogen) atoms. The van der Waals surface area contributed by atoms with Crippen LogP contribution in [0.3, 0.4) is 0 Å². The minimum Gasteiger partial charge on any atom is -0.476 e. The van der Waals surface area contributed by atoms with Crippen LogP contribution in [0, 0.1) is 0 Å². The number of rotatable bonds is 5. The number of ether oxygens (including phenoxy) is 1. The highest BCUT2D eigenvalue weighted by Gasteiger charge is 2.22. The quantitative estimate of drug-likeness (QED) is 0.673. The zero-order valence-electron chi connectivity index (χ0n) is 9.90. The summed E-state index contributed by atoms with van der Waals surface area (Å²) in [5.74, 6) is -1.08. The van der Waals surface area contributed by atoms with Crippen LogP contribution in [0.4, 0.5) is 0 Å². The van der Waals surface area contributed by atoms with Gasteiger partial charge in [0.1, 0.15) is 0 Å². The molecule has 1 aromatic heterocycles. The van der Waals surface area contributed by atoms with E-state index in [2.05, 4.69) is 15.2 Å². The number of hydrogen-bond acceptors (Lipinski definition) is 6. The topological polar surface area (TPSA) is 101 Å². The van der Waals surface area contributed by atoms with Crippen molar-refractivity contribution in [2.45, 2.75) is 12.6 Å². The second-order valence-corrected chi connectivity index (χ2v) is 4.12. The molecule has 1 fully saturated rings. The van der Waals surface area contributed by atoms with Gasteiger partial charge in [0, 0.05) is 13.1 Å². The fraction of sp³-hybridized carbons (Fsp3) is 0.700. The molecule has 8 heteroatoms. The first-order valence-electron chi connectivity index (χ1n) is 5.77. The molecule has 1 saturated heterocycles. The third-order valence-corrected chi connectivity index (χ3v) is 2.93. The van der Waals surface area contributed by atoms with Gasteiger partial charge in [-0.05, 0) is 0 Å². The van der Waals surface area contributed by atoms with Crippen molar-refractivity contribution in [3.05, 3.63) is 11.9 Å². The highest BCUT2D eigenvalue weighted by atomic mass is 16.5. The number of aromatic carboxylic acids is 1. The first kappa shape index (κ1) is 12.9. The van der Waals surface area contributed by atoms with Gasteiger partial charge in [0.05, 0.1) is 38.6 Å². The lowest BCUT2D eigenvalue weighted by Crippen LogP contribution is -2.48. The predicted molar refractivity (Wildman–Crippen MR) is 60.2 cm³/mol. The summed E-state index contributed by atoms with van der Waals surface area (Å²) in [6.45, 7) is 3.19. The zero-order valence-corrected chi connectivity index (χ0v) is 9.90. The van der Waals surface area contributed by atoms with Crippen molar-refractivity contribution in [1.29, 1.82) is 0 Å². The minimum atomic E-state index is -1.08. The van der Waals surface area contributed by atoms with Gasteiger partial charge in [-0.1, -0.05) is 5.21 Å². The van der Waals surface area contributed by atoms with E-state index in [1.807, 2.05) is 0 Å². The number of carbonyl (C=O) groups is 1. The molecular formula is C10H16N4O4. The van der Waals surface area contributed by atoms with Crippen LogP contribution in [-0.4, -0.2) is 75.0 Å². The number of carboxylic acid groups (broad SMARTS) is 1. The van der Waals surface area contributed by atoms with Crippen molar-refractivity contribution < 1.29 is 19.7 Å². The Morgan fingerprint density at radius 3 is 3.06 bits per heavy atom. The van der Waals surface area contributed by atoms with Crippen LogP contribution in [-0.2, 0) is 11.3 Å². The lowest BCUT2D eigenvalue weighted by Gasteiger charge is -2.34. The van der Waals surface area contributed by atoms with E-state index < -0.39 is 5.97 Å². The summed E-state index contributed by atoms with van der Waals surface area (Å²) >= 11 is 0. The molecule has 1 aliphatic heterocycles. The fourth-order valence-corrected chi connectivity index (χ4v) is 1.89. The third-order valence-electron chi connectivity index (χ3n) is 2.93. The molecule has 0 amide bonds. The van der Waals surface area contributed by atoms with Gasteiger partial charge in [0.25, 0.3) is 0 Å². The highest BCUT2D eigenvalue weighted by Crippen LogP contribution is 2.06. The van der Waals surface area contributed by atoms with Crippen molar-refractivity contribution in [2.24, 2.45) is 0 Å². The third kappa shape index (κ3) is 3.03. The van der Waals surface area contributed by atoms with Crippen LogP contribution < -0.4 is 0 Å². The first-order valence-corrected chi connectivity index (χ1v) is 5.77. The van der Waals surface area contributed by atoms with Gasteiger partial charge in [-0.3, -0.25) is 9.58 Å². The van der Waals surface area contributed by atoms with Gasteiger partial charge in [0.15, 0.2) is 5.69 Å². The Bertz CT molecular complexity index is 408. The number of aromatic nitrogens is 3. The summed E-state index contributed by atoms with van der Waals surface area (Å²) in [6, 6.07) is 0.00113. The van der Waals surface area contributed by atoms with Crippen LogP contribution in [0.15, 0.2) is 6.20 Å². The van der Waals surface area contributed by atoms with Crippen LogP contribution in [0.5, 0.6) is 0 Å². The maximum atomic E-state index is 10.6. The Morgan fingerprint density at radius 2 is 2.39 bits per heavy atom. The smallest absolute Gasteiger partial charge is 0.358 e. The van der Waals surface area contributed by atoms with Gasteiger partial charge >= 0.3 is 5.97 Å². The molecule has 2 heterocycles. The monoisotopic (exact) mass is 256 g/mol. The average molecular weight is 256 g/mol. The predicted octanol–water partition coefficient (Wildman–Crippen LogP) is -1.33. The van der Waals surface area contributed by atoms with E-state index in [0.29, 0.717) is 26.3 Å². The molecule has 100 valence electrons. The molecule has 0 saturated carbocycles. The van der Waals surface area contributed by atoms with Crippen LogP contribution in [0.1, 0.15) is 10.5 Å². The minimum absolute atomic E-state index is 0.00113. The lowest BCUT2D eigenvalue weighted by molar-refractivity contribution is -0.0288. The molecule has 0 aromatic carbocycles. The van der Waals surface area contributed by atoms with Gasteiger partial charge in [-0.25, -0.2) is 4.79 Å². The molecular weight excluding hydrogens is 240 g/mol. The molecule has 2 N–H and O–H groups in total. The van der Waals surface area contributed by atoms with Crippen LogP contribution >= 0.6 is 0 Å². The number of aliphatic hydroxyl groups is 1. The fourth-order valence-electron chi connectivity index (χ4n) is 1.89. The van der Waals surface area contributed by atoms with Crippen molar-refractivity contribution in [3.8, 4) is 0 Å². The molecule has 8 nitrogen and oxygen atoms in total. The van der Waals surface area contributed by atoms with Gasteiger partial charge < -0.3 is 14.9 Å². The molecule has 0 bridgehead atoms. The van der Waals surface area contributed by atoms with Crippen molar-refractivity contribution in [2.75, 3.05) is 32.9 Å². The van der Waals surface area contributed by atoms with Gasteiger partial charge in [-0.15, -0.1) is 5.10 Å². The molecule has 0 aliphatic carbocycles. The average Bonchev–Trinajstić information content (AvgIpc) is 2.85. The van der Waals surface area contributed by atoms with E-state index in [0.717, 1.165) is 6.54 Å². The van der Waals surface area contributed by atoms with Crippen molar-refractivity contribution in [1.82, 2.24) is 19.9 Å².